The molecule has 21 heavy (non-hydrogen) atoms. The number of rotatable bonds is 4. The molecule has 1 aromatic heterocycles. The van der Waals surface area contributed by atoms with E-state index in [4.69, 9.17) is 9.72 Å². The van der Waals surface area contributed by atoms with Crippen molar-refractivity contribution in [1.82, 2.24) is 15.3 Å². The fourth-order valence-corrected chi connectivity index (χ4v) is 2.77. The second-order valence-electron chi connectivity index (χ2n) is 5.37. The average Bonchev–Trinajstić information content (AvgIpc) is 2.52. The Bertz CT molecular complexity index is 627. The summed E-state index contributed by atoms with van der Waals surface area (Å²) in [5, 5.41) is 3.33. The highest BCUT2D eigenvalue weighted by Gasteiger charge is 2.25. The SMILES string of the molecule is CCNCc1cc(C)nc(C2CCOc3ccccc32)n1. The summed E-state index contributed by atoms with van der Waals surface area (Å²) in [7, 11) is 0. The second-order valence-corrected chi connectivity index (χ2v) is 5.37. The lowest BCUT2D eigenvalue weighted by Crippen LogP contribution is -2.19. The summed E-state index contributed by atoms with van der Waals surface area (Å²) < 4.78 is 5.73. The first-order chi connectivity index (χ1) is 10.3. The molecule has 1 unspecified atom stereocenters. The van der Waals surface area contributed by atoms with E-state index >= 15 is 0 Å². The van der Waals surface area contributed by atoms with E-state index in [2.05, 4.69) is 35.4 Å². The van der Waals surface area contributed by atoms with Crippen LogP contribution in [0.3, 0.4) is 0 Å². The Morgan fingerprint density at radius 2 is 2.14 bits per heavy atom. The van der Waals surface area contributed by atoms with Crippen LogP contribution in [0.2, 0.25) is 0 Å². The fourth-order valence-electron chi connectivity index (χ4n) is 2.77. The number of nitrogens with zero attached hydrogens (tertiary/aromatic N) is 2. The zero-order valence-corrected chi connectivity index (χ0v) is 12.6. The minimum atomic E-state index is 0.232. The van der Waals surface area contributed by atoms with Crippen molar-refractivity contribution < 1.29 is 4.74 Å². The van der Waals surface area contributed by atoms with Crippen LogP contribution in [0.4, 0.5) is 0 Å². The highest BCUT2D eigenvalue weighted by Crippen LogP contribution is 2.36. The number of benzene rings is 1. The maximum absolute atomic E-state index is 5.73. The Balaban J connectivity index is 1.95. The van der Waals surface area contributed by atoms with Crippen LogP contribution in [0, 0.1) is 6.92 Å². The Labute approximate surface area is 125 Å². The molecule has 0 saturated carbocycles. The van der Waals surface area contributed by atoms with Gasteiger partial charge in [0.2, 0.25) is 0 Å². The number of aromatic nitrogens is 2. The third-order valence-electron chi connectivity index (χ3n) is 3.75. The third-order valence-corrected chi connectivity index (χ3v) is 3.75. The molecule has 4 nitrogen and oxygen atoms in total. The summed E-state index contributed by atoms with van der Waals surface area (Å²) >= 11 is 0. The van der Waals surface area contributed by atoms with Crippen molar-refractivity contribution in [2.75, 3.05) is 13.2 Å². The van der Waals surface area contributed by atoms with Crippen LogP contribution < -0.4 is 10.1 Å². The zero-order valence-electron chi connectivity index (χ0n) is 12.6. The van der Waals surface area contributed by atoms with Gasteiger partial charge in [-0.05, 0) is 32.0 Å². The predicted molar refractivity (Wildman–Crippen MR) is 82.5 cm³/mol. The molecule has 0 fully saturated rings. The topological polar surface area (TPSA) is 47.0 Å². The molecule has 4 heteroatoms. The number of aryl methyl sites for hydroxylation is 1. The minimum absolute atomic E-state index is 0.232. The zero-order chi connectivity index (χ0) is 14.7. The highest BCUT2D eigenvalue weighted by atomic mass is 16.5. The molecule has 2 heterocycles. The molecule has 0 saturated heterocycles. The van der Waals surface area contributed by atoms with Gasteiger partial charge in [0, 0.05) is 17.8 Å². The van der Waals surface area contributed by atoms with Gasteiger partial charge >= 0.3 is 0 Å². The van der Waals surface area contributed by atoms with Crippen molar-refractivity contribution in [2.24, 2.45) is 0 Å². The molecule has 110 valence electrons. The predicted octanol–water partition coefficient (Wildman–Crippen LogP) is 2.81. The van der Waals surface area contributed by atoms with Crippen LogP contribution in [0.15, 0.2) is 30.3 Å². The number of para-hydroxylation sites is 1. The number of fused-ring (bicyclic) bond motifs is 1. The standard InChI is InChI=1S/C17H21N3O/c1-3-18-11-13-10-12(2)19-17(20-13)15-8-9-21-16-7-5-4-6-14(15)16/h4-7,10,15,18H,3,8-9,11H2,1-2H3. The van der Waals surface area contributed by atoms with Gasteiger partial charge in [0.1, 0.15) is 11.6 Å². The Morgan fingerprint density at radius 1 is 1.29 bits per heavy atom. The maximum Gasteiger partial charge on any atom is 0.136 e. The Morgan fingerprint density at radius 3 is 3.00 bits per heavy atom. The van der Waals surface area contributed by atoms with Gasteiger partial charge in [-0.1, -0.05) is 25.1 Å². The third kappa shape index (κ3) is 3.05. The van der Waals surface area contributed by atoms with E-state index in [0.717, 1.165) is 49.1 Å². The molecule has 1 aromatic carbocycles. The van der Waals surface area contributed by atoms with Crippen LogP contribution in [-0.4, -0.2) is 23.1 Å². The van der Waals surface area contributed by atoms with E-state index in [9.17, 15) is 0 Å². The van der Waals surface area contributed by atoms with Crippen molar-refractivity contribution in [3.8, 4) is 5.75 Å². The molecule has 1 aliphatic heterocycles. The van der Waals surface area contributed by atoms with Gasteiger partial charge in [0.25, 0.3) is 0 Å². The second kappa shape index (κ2) is 6.22. The van der Waals surface area contributed by atoms with E-state index in [-0.39, 0.29) is 5.92 Å². The lowest BCUT2D eigenvalue weighted by molar-refractivity contribution is 0.274. The first-order valence-corrected chi connectivity index (χ1v) is 7.55. The van der Waals surface area contributed by atoms with Crippen LogP contribution in [0.1, 0.15) is 42.0 Å². The molecular formula is C17H21N3O. The van der Waals surface area contributed by atoms with E-state index in [1.807, 2.05) is 19.1 Å². The molecule has 0 radical (unpaired) electrons. The van der Waals surface area contributed by atoms with E-state index < -0.39 is 0 Å². The van der Waals surface area contributed by atoms with E-state index in [0.29, 0.717) is 0 Å². The van der Waals surface area contributed by atoms with E-state index in [1.165, 1.54) is 5.56 Å². The molecule has 2 aromatic rings. The molecule has 1 atom stereocenters. The van der Waals surface area contributed by atoms with Crippen LogP contribution >= 0.6 is 0 Å². The first-order valence-electron chi connectivity index (χ1n) is 7.55. The van der Waals surface area contributed by atoms with Gasteiger partial charge in [-0.2, -0.15) is 0 Å². The van der Waals surface area contributed by atoms with Crippen LogP contribution in [0.25, 0.3) is 0 Å². The summed E-state index contributed by atoms with van der Waals surface area (Å²) in [6.07, 6.45) is 0.932. The van der Waals surface area contributed by atoms with Crippen LogP contribution in [-0.2, 0) is 6.54 Å². The summed E-state index contributed by atoms with van der Waals surface area (Å²) in [5.41, 5.74) is 3.28. The molecule has 0 aliphatic carbocycles. The van der Waals surface area contributed by atoms with Gasteiger partial charge in [0.15, 0.2) is 0 Å². The smallest absolute Gasteiger partial charge is 0.136 e. The lowest BCUT2D eigenvalue weighted by atomic mass is 9.92. The van der Waals surface area contributed by atoms with E-state index in [1.54, 1.807) is 0 Å². The molecule has 1 N–H and O–H groups in total. The summed E-state index contributed by atoms with van der Waals surface area (Å²) in [6, 6.07) is 10.3. The highest BCUT2D eigenvalue weighted by molar-refractivity contribution is 5.41. The minimum Gasteiger partial charge on any atom is -0.493 e. The van der Waals surface area contributed by atoms with Crippen molar-refractivity contribution >= 4 is 0 Å². The normalized spacial score (nSPS) is 17.1. The Hall–Kier alpha value is -1.94. The first kappa shape index (κ1) is 14.0. The summed E-state index contributed by atoms with van der Waals surface area (Å²) in [4.78, 5) is 9.43. The van der Waals surface area contributed by atoms with Gasteiger partial charge in [-0.25, -0.2) is 9.97 Å². The average molecular weight is 283 g/mol. The Kier molecular flexibility index (Phi) is 4.15. The monoisotopic (exact) mass is 283 g/mol. The molecule has 0 amide bonds. The van der Waals surface area contributed by atoms with Gasteiger partial charge in [-0.15, -0.1) is 0 Å². The summed E-state index contributed by atoms with van der Waals surface area (Å²) in [6.45, 7) is 6.59. The van der Waals surface area contributed by atoms with Crippen molar-refractivity contribution in [2.45, 2.75) is 32.7 Å². The quantitative estimate of drug-likeness (QED) is 0.937. The molecular weight excluding hydrogens is 262 g/mol. The van der Waals surface area contributed by atoms with Crippen LogP contribution in [0.5, 0.6) is 5.75 Å². The maximum atomic E-state index is 5.73. The molecule has 0 spiro atoms. The fraction of sp³-hybridized carbons (Fsp3) is 0.412. The molecule has 3 rings (SSSR count). The van der Waals surface area contributed by atoms with Gasteiger partial charge in [-0.3, -0.25) is 0 Å². The summed E-state index contributed by atoms with van der Waals surface area (Å²) in [5.74, 6) is 2.11. The van der Waals surface area contributed by atoms with Crippen molar-refractivity contribution in [3.63, 3.8) is 0 Å². The number of hydrogen-bond donors (Lipinski definition) is 1. The lowest BCUT2D eigenvalue weighted by Gasteiger charge is -2.25. The largest absolute Gasteiger partial charge is 0.493 e. The van der Waals surface area contributed by atoms with Gasteiger partial charge < -0.3 is 10.1 Å². The molecule has 0 bridgehead atoms. The van der Waals surface area contributed by atoms with Crippen molar-refractivity contribution in [3.05, 3.63) is 53.1 Å². The number of hydrogen-bond acceptors (Lipinski definition) is 4. The number of ether oxygens (including phenoxy) is 1. The molecule has 1 aliphatic rings. The number of nitrogens with one attached hydrogen (secondary N) is 1. The van der Waals surface area contributed by atoms with Gasteiger partial charge in [0.05, 0.1) is 18.2 Å². The van der Waals surface area contributed by atoms with Crippen molar-refractivity contribution in [1.29, 1.82) is 0 Å².